The first-order valence-electron chi connectivity index (χ1n) is 8.42. The van der Waals surface area contributed by atoms with Crippen molar-refractivity contribution in [2.45, 2.75) is 6.92 Å². The van der Waals surface area contributed by atoms with Crippen LogP contribution in [0.2, 0.25) is 5.02 Å². The summed E-state index contributed by atoms with van der Waals surface area (Å²) in [5.74, 6) is 0.765. The number of nitrogens with zero attached hydrogens (tertiary/aromatic N) is 3. The Morgan fingerprint density at radius 3 is 2.44 bits per heavy atom. The van der Waals surface area contributed by atoms with Gasteiger partial charge in [0.2, 0.25) is 5.95 Å². The number of hydrogen-bond acceptors (Lipinski definition) is 5. The van der Waals surface area contributed by atoms with Gasteiger partial charge in [0.25, 0.3) is 5.91 Å². The minimum atomic E-state index is -0.314. The number of amides is 1. The number of aromatic nitrogens is 2. The number of nitrogens with one attached hydrogen (secondary N) is 1. The van der Waals surface area contributed by atoms with Gasteiger partial charge >= 0.3 is 0 Å². The molecule has 0 saturated heterocycles. The lowest BCUT2D eigenvalue weighted by atomic mass is 10.2. The molecule has 0 fully saturated rings. The van der Waals surface area contributed by atoms with Crippen molar-refractivity contribution in [2.24, 2.45) is 0 Å². The van der Waals surface area contributed by atoms with E-state index in [4.69, 9.17) is 16.3 Å². The standard InChI is InChI=1S/C20H19ClN4O2/c1-3-25(16-7-5-4-6-8-16)20-22-12-14(13-23-20)19(26)24-15-9-10-18(27-2)17(21)11-15/h4-13H,3H2,1-2H3,(H,24,26). The van der Waals surface area contributed by atoms with E-state index in [0.717, 1.165) is 5.69 Å². The second-order valence-corrected chi connectivity index (χ2v) is 6.06. The molecule has 0 aliphatic heterocycles. The highest BCUT2D eigenvalue weighted by molar-refractivity contribution is 6.32. The minimum absolute atomic E-state index is 0.314. The van der Waals surface area contributed by atoms with Crippen molar-refractivity contribution in [1.82, 2.24) is 9.97 Å². The van der Waals surface area contributed by atoms with Crippen molar-refractivity contribution < 1.29 is 9.53 Å². The van der Waals surface area contributed by atoms with E-state index < -0.39 is 0 Å². The van der Waals surface area contributed by atoms with Crippen molar-refractivity contribution in [2.75, 3.05) is 23.9 Å². The van der Waals surface area contributed by atoms with E-state index in [1.807, 2.05) is 42.2 Å². The molecule has 3 aromatic rings. The summed E-state index contributed by atoms with van der Waals surface area (Å²) in [5, 5.41) is 3.19. The zero-order valence-electron chi connectivity index (χ0n) is 15.0. The van der Waals surface area contributed by atoms with Gasteiger partial charge in [-0.15, -0.1) is 0 Å². The molecule has 27 heavy (non-hydrogen) atoms. The van der Waals surface area contributed by atoms with E-state index in [1.54, 1.807) is 18.2 Å². The first-order chi connectivity index (χ1) is 13.1. The molecule has 2 aromatic carbocycles. The van der Waals surface area contributed by atoms with Gasteiger partial charge in [-0.1, -0.05) is 29.8 Å². The Morgan fingerprint density at radius 2 is 1.85 bits per heavy atom. The van der Waals surface area contributed by atoms with Crippen molar-refractivity contribution in [1.29, 1.82) is 0 Å². The smallest absolute Gasteiger partial charge is 0.258 e. The van der Waals surface area contributed by atoms with E-state index in [9.17, 15) is 4.79 Å². The van der Waals surface area contributed by atoms with E-state index >= 15 is 0 Å². The Labute approximate surface area is 162 Å². The van der Waals surface area contributed by atoms with Crippen LogP contribution in [0.1, 0.15) is 17.3 Å². The van der Waals surface area contributed by atoms with Gasteiger partial charge in [0.1, 0.15) is 5.75 Å². The molecule has 0 saturated carbocycles. The van der Waals surface area contributed by atoms with Gasteiger partial charge in [-0.05, 0) is 37.3 Å². The maximum Gasteiger partial charge on any atom is 0.258 e. The van der Waals surface area contributed by atoms with E-state index in [1.165, 1.54) is 19.5 Å². The first kappa shape index (κ1) is 18.7. The number of anilines is 3. The first-order valence-corrected chi connectivity index (χ1v) is 8.79. The number of para-hydroxylation sites is 1. The zero-order valence-corrected chi connectivity index (χ0v) is 15.8. The van der Waals surface area contributed by atoms with Crippen molar-refractivity contribution in [3.8, 4) is 5.75 Å². The van der Waals surface area contributed by atoms with Gasteiger partial charge in [-0.3, -0.25) is 4.79 Å². The number of hydrogen-bond donors (Lipinski definition) is 1. The molecule has 7 heteroatoms. The topological polar surface area (TPSA) is 67.4 Å². The Hall–Kier alpha value is -3.12. The van der Waals surface area contributed by atoms with Crippen LogP contribution >= 0.6 is 11.6 Å². The quantitative estimate of drug-likeness (QED) is 0.677. The van der Waals surface area contributed by atoms with Gasteiger partial charge in [0, 0.05) is 30.3 Å². The fraction of sp³-hybridized carbons (Fsp3) is 0.150. The fourth-order valence-corrected chi connectivity index (χ4v) is 2.83. The normalized spacial score (nSPS) is 10.3. The third kappa shape index (κ3) is 4.35. The van der Waals surface area contributed by atoms with Crippen molar-refractivity contribution in [3.05, 3.63) is 71.5 Å². The number of rotatable bonds is 6. The molecule has 138 valence electrons. The van der Waals surface area contributed by atoms with Crippen molar-refractivity contribution in [3.63, 3.8) is 0 Å². The predicted molar refractivity (Wildman–Crippen MR) is 107 cm³/mol. The lowest BCUT2D eigenvalue weighted by Gasteiger charge is -2.20. The molecule has 0 unspecified atom stereocenters. The molecular formula is C20H19ClN4O2. The molecule has 0 aliphatic carbocycles. The molecule has 1 N–H and O–H groups in total. The van der Waals surface area contributed by atoms with Crippen LogP contribution in [0.5, 0.6) is 5.75 Å². The maximum atomic E-state index is 12.4. The molecule has 0 atom stereocenters. The lowest BCUT2D eigenvalue weighted by molar-refractivity contribution is 0.102. The molecule has 0 radical (unpaired) electrons. The Bertz CT molecular complexity index is 917. The summed E-state index contributed by atoms with van der Waals surface area (Å²) in [6, 6.07) is 14.9. The molecule has 3 rings (SSSR count). The Kier molecular flexibility index (Phi) is 5.88. The minimum Gasteiger partial charge on any atom is -0.495 e. The second-order valence-electron chi connectivity index (χ2n) is 5.65. The van der Waals surface area contributed by atoms with Crippen LogP contribution in [0, 0.1) is 0 Å². The molecule has 0 aliphatic rings. The summed E-state index contributed by atoms with van der Waals surface area (Å²) in [6.45, 7) is 2.73. The van der Waals surface area contributed by atoms with Gasteiger partial charge in [0.05, 0.1) is 17.7 Å². The summed E-state index contributed by atoms with van der Waals surface area (Å²) < 4.78 is 5.10. The monoisotopic (exact) mass is 382 g/mol. The maximum absolute atomic E-state index is 12.4. The summed E-state index contributed by atoms with van der Waals surface area (Å²) in [6.07, 6.45) is 3.02. The van der Waals surface area contributed by atoms with Crippen LogP contribution in [0.4, 0.5) is 17.3 Å². The molecule has 0 spiro atoms. The number of methoxy groups -OCH3 is 1. The summed E-state index contributed by atoms with van der Waals surface area (Å²) in [4.78, 5) is 23.1. The third-order valence-corrected chi connectivity index (χ3v) is 4.23. The Morgan fingerprint density at radius 1 is 1.15 bits per heavy atom. The van der Waals surface area contributed by atoms with Crippen LogP contribution in [0.3, 0.4) is 0 Å². The van der Waals surface area contributed by atoms with E-state index in [0.29, 0.717) is 34.5 Å². The largest absolute Gasteiger partial charge is 0.495 e. The van der Waals surface area contributed by atoms with Gasteiger partial charge < -0.3 is 15.0 Å². The third-order valence-electron chi connectivity index (χ3n) is 3.94. The van der Waals surface area contributed by atoms with E-state index in [2.05, 4.69) is 15.3 Å². The van der Waals surface area contributed by atoms with Gasteiger partial charge in [0.15, 0.2) is 0 Å². The molecule has 1 heterocycles. The Balaban J connectivity index is 1.74. The van der Waals surface area contributed by atoms with Crippen LogP contribution < -0.4 is 15.0 Å². The summed E-state index contributed by atoms with van der Waals surface area (Å²) in [7, 11) is 1.54. The fourth-order valence-electron chi connectivity index (χ4n) is 2.57. The van der Waals surface area contributed by atoms with Crippen molar-refractivity contribution >= 4 is 34.8 Å². The highest BCUT2D eigenvalue weighted by Gasteiger charge is 2.13. The summed E-state index contributed by atoms with van der Waals surface area (Å²) >= 11 is 6.08. The SMILES string of the molecule is CCN(c1ccccc1)c1ncc(C(=O)Nc2ccc(OC)c(Cl)c2)cn1. The highest BCUT2D eigenvalue weighted by atomic mass is 35.5. The molecule has 1 aromatic heterocycles. The predicted octanol–water partition coefficient (Wildman–Crippen LogP) is 4.55. The lowest BCUT2D eigenvalue weighted by Crippen LogP contribution is -2.20. The van der Waals surface area contributed by atoms with Crippen LogP contribution in [-0.2, 0) is 0 Å². The number of ether oxygens (including phenoxy) is 1. The number of halogens is 1. The van der Waals surface area contributed by atoms with Crippen LogP contribution in [-0.4, -0.2) is 29.5 Å². The van der Waals surface area contributed by atoms with Gasteiger partial charge in [-0.25, -0.2) is 9.97 Å². The molecule has 6 nitrogen and oxygen atoms in total. The molecule has 0 bridgehead atoms. The summed E-state index contributed by atoms with van der Waals surface area (Å²) in [5.41, 5.74) is 1.91. The van der Waals surface area contributed by atoms with Crippen LogP contribution in [0.15, 0.2) is 60.9 Å². The molecular weight excluding hydrogens is 364 g/mol. The average Bonchev–Trinajstić information content (AvgIpc) is 2.70. The van der Waals surface area contributed by atoms with Crippen LogP contribution in [0.25, 0.3) is 0 Å². The number of benzene rings is 2. The zero-order chi connectivity index (χ0) is 19.2. The highest BCUT2D eigenvalue weighted by Crippen LogP contribution is 2.27. The second kappa shape index (κ2) is 8.51. The number of carbonyl (C=O) groups excluding carboxylic acids is 1. The van der Waals surface area contributed by atoms with Gasteiger partial charge in [-0.2, -0.15) is 0 Å². The molecule has 1 amide bonds. The average molecular weight is 383 g/mol. The van der Waals surface area contributed by atoms with E-state index in [-0.39, 0.29) is 5.91 Å². The number of carbonyl (C=O) groups is 1.